The zero-order valence-electron chi connectivity index (χ0n) is 24.0. The van der Waals surface area contributed by atoms with Gasteiger partial charge in [0.25, 0.3) is 0 Å². The molecular weight excluding hydrogens is 508 g/mol. The van der Waals surface area contributed by atoms with Crippen molar-refractivity contribution in [3.63, 3.8) is 0 Å². The average molecular weight is 551 g/mol. The van der Waals surface area contributed by atoms with Gasteiger partial charge in [-0.25, -0.2) is 0 Å². The predicted molar refractivity (Wildman–Crippen MR) is 164 cm³/mol. The largest absolute Gasteiger partial charge is 0.469 e. The van der Waals surface area contributed by atoms with Gasteiger partial charge in [-0.3, -0.25) is 4.79 Å². The number of ether oxygens (including phenoxy) is 2. The van der Waals surface area contributed by atoms with Gasteiger partial charge >= 0.3 is 5.97 Å². The average Bonchev–Trinajstić information content (AvgIpc) is 3.60. The summed E-state index contributed by atoms with van der Waals surface area (Å²) in [6.45, 7) is 0.726. The summed E-state index contributed by atoms with van der Waals surface area (Å²) in [6, 6.07) is 29.9. The summed E-state index contributed by atoms with van der Waals surface area (Å²) in [5.41, 5.74) is 4.97. The maximum atomic E-state index is 11.5. The minimum atomic E-state index is -0.482. The van der Waals surface area contributed by atoms with Crippen molar-refractivity contribution in [2.75, 3.05) is 13.7 Å². The van der Waals surface area contributed by atoms with Gasteiger partial charge in [-0.05, 0) is 66.7 Å². The summed E-state index contributed by atoms with van der Waals surface area (Å²) in [4.78, 5) is 11.5. The molecule has 1 saturated carbocycles. The first kappa shape index (κ1) is 29.0. The van der Waals surface area contributed by atoms with Crippen molar-refractivity contribution in [2.24, 2.45) is 11.8 Å². The van der Waals surface area contributed by atoms with Gasteiger partial charge in [0.05, 0.1) is 25.9 Å². The summed E-state index contributed by atoms with van der Waals surface area (Å²) >= 11 is 0. The number of fused-ring (bicyclic) bond motifs is 2. The number of esters is 1. The number of unbranched alkanes of at least 4 members (excludes halogenated alkanes) is 1. The van der Waals surface area contributed by atoms with E-state index in [4.69, 9.17) is 9.47 Å². The molecule has 2 fully saturated rings. The number of aryl methyl sites for hydroxylation is 1. The fraction of sp³-hybridized carbons (Fsp3) is 0.378. The Morgan fingerprint density at radius 3 is 2.44 bits per heavy atom. The third-order valence-electron chi connectivity index (χ3n) is 8.95. The van der Waals surface area contributed by atoms with Gasteiger partial charge in [-0.15, -0.1) is 0 Å². The molecule has 1 heterocycles. The van der Waals surface area contributed by atoms with Crippen molar-refractivity contribution < 1.29 is 19.4 Å². The van der Waals surface area contributed by atoms with E-state index in [9.17, 15) is 9.90 Å². The number of carbonyl (C=O) groups is 1. The van der Waals surface area contributed by atoms with Crippen LogP contribution in [0.25, 0.3) is 11.1 Å². The molecule has 1 aliphatic heterocycles. The van der Waals surface area contributed by atoms with Crippen LogP contribution in [0.5, 0.6) is 0 Å². The van der Waals surface area contributed by atoms with Gasteiger partial charge in [-0.1, -0.05) is 109 Å². The van der Waals surface area contributed by atoms with E-state index < -0.39 is 6.10 Å². The Kier molecular flexibility index (Phi) is 9.87. The molecule has 2 bridgehead atoms. The predicted octanol–water partition coefficient (Wildman–Crippen LogP) is 7.47. The van der Waals surface area contributed by atoms with Gasteiger partial charge in [-0.2, -0.15) is 0 Å². The van der Waals surface area contributed by atoms with Crippen LogP contribution in [-0.4, -0.2) is 37.0 Å². The normalized spacial score (nSPS) is 24.3. The number of carbonyl (C=O) groups excluding carboxylic acids is 1. The molecule has 0 radical (unpaired) electrons. The van der Waals surface area contributed by atoms with Crippen molar-refractivity contribution in [1.29, 1.82) is 0 Å². The Hall–Kier alpha value is -3.47. The topological polar surface area (TPSA) is 55.8 Å². The van der Waals surface area contributed by atoms with E-state index in [0.717, 1.165) is 38.7 Å². The molecule has 2 aliphatic rings. The molecule has 0 unspecified atom stereocenters. The molecule has 214 valence electrons. The molecule has 0 spiro atoms. The summed E-state index contributed by atoms with van der Waals surface area (Å²) in [5.74, 6) is 0.458. The second-order valence-corrected chi connectivity index (χ2v) is 11.5. The number of hydrogen-bond acceptors (Lipinski definition) is 4. The number of aliphatic hydroxyl groups excluding tert-OH is 1. The molecule has 4 heteroatoms. The first-order valence-electron chi connectivity index (χ1n) is 15.0. The molecule has 0 amide bonds. The summed E-state index contributed by atoms with van der Waals surface area (Å²) < 4.78 is 11.2. The van der Waals surface area contributed by atoms with E-state index in [0.29, 0.717) is 18.8 Å². The van der Waals surface area contributed by atoms with Crippen LogP contribution in [0.15, 0.2) is 109 Å². The summed E-state index contributed by atoms with van der Waals surface area (Å²) in [5, 5.41) is 10.8. The maximum Gasteiger partial charge on any atom is 0.305 e. The molecule has 1 aliphatic carbocycles. The van der Waals surface area contributed by atoms with Gasteiger partial charge in [0.15, 0.2) is 0 Å². The number of rotatable bonds is 13. The van der Waals surface area contributed by atoms with Crippen LogP contribution in [0.1, 0.15) is 49.7 Å². The van der Waals surface area contributed by atoms with Gasteiger partial charge in [0.2, 0.25) is 0 Å². The number of benzene rings is 3. The van der Waals surface area contributed by atoms with E-state index in [-0.39, 0.29) is 23.4 Å². The molecule has 5 rings (SSSR count). The minimum absolute atomic E-state index is 0.0553. The SMILES string of the molecule is COC(=O)CCC/C=C\C[C@H]1[C@H](/C=C/[C@@H](O)CCc2ccccc2)[C@@H]2C[C@@]1(c1ccc(-c3ccccc3)cc1)CO2. The first-order chi connectivity index (χ1) is 20.1. The van der Waals surface area contributed by atoms with Gasteiger partial charge in [0.1, 0.15) is 0 Å². The van der Waals surface area contributed by atoms with Crippen LogP contribution in [0.4, 0.5) is 0 Å². The smallest absolute Gasteiger partial charge is 0.305 e. The Morgan fingerprint density at radius 1 is 1.00 bits per heavy atom. The third-order valence-corrected chi connectivity index (χ3v) is 8.95. The molecule has 41 heavy (non-hydrogen) atoms. The van der Waals surface area contributed by atoms with Crippen LogP contribution < -0.4 is 0 Å². The van der Waals surface area contributed by atoms with Crippen molar-refractivity contribution >= 4 is 5.97 Å². The summed E-state index contributed by atoms with van der Waals surface area (Å²) in [7, 11) is 1.44. The fourth-order valence-electron chi connectivity index (χ4n) is 6.69. The zero-order valence-corrected chi connectivity index (χ0v) is 24.0. The van der Waals surface area contributed by atoms with Crippen molar-refractivity contribution in [3.05, 3.63) is 120 Å². The lowest BCUT2D eigenvalue weighted by molar-refractivity contribution is -0.140. The molecule has 1 N–H and O–H groups in total. The lowest BCUT2D eigenvalue weighted by Crippen LogP contribution is -2.39. The second-order valence-electron chi connectivity index (χ2n) is 11.5. The number of hydrogen-bond donors (Lipinski definition) is 1. The lowest BCUT2D eigenvalue weighted by Gasteiger charge is -2.38. The van der Waals surface area contributed by atoms with Crippen LogP contribution in [0, 0.1) is 11.8 Å². The lowest BCUT2D eigenvalue weighted by atomic mass is 9.69. The third kappa shape index (κ3) is 7.06. The van der Waals surface area contributed by atoms with E-state index in [2.05, 4.69) is 78.9 Å². The molecule has 4 nitrogen and oxygen atoms in total. The van der Waals surface area contributed by atoms with E-state index in [1.54, 1.807) is 0 Å². The highest BCUT2D eigenvalue weighted by Crippen LogP contribution is 2.57. The Labute approximate surface area is 244 Å². The fourth-order valence-corrected chi connectivity index (χ4v) is 6.69. The van der Waals surface area contributed by atoms with E-state index in [1.807, 2.05) is 30.3 Å². The Morgan fingerprint density at radius 2 is 1.71 bits per heavy atom. The quantitative estimate of drug-likeness (QED) is 0.136. The van der Waals surface area contributed by atoms with Crippen LogP contribution >= 0.6 is 0 Å². The van der Waals surface area contributed by atoms with Gasteiger partial charge in [0, 0.05) is 17.8 Å². The highest BCUT2D eigenvalue weighted by atomic mass is 16.5. The van der Waals surface area contributed by atoms with Crippen molar-refractivity contribution in [1.82, 2.24) is 0 Å². The maximum absolute atomic E-state index is 11.5. The molecule has 3 aromatic carbocycles. The molecule has 0 aromatic heterocycles. The molecule has 5 atom stereocenters. The minimum Gasteiger partial charge on any atom is -0.469 e. The van der Waals surface area contributed by atoms with Crippen molar-refractivity contribution in [3.8, 4) is 11.1 Å². The standard InChI is InChI=1S/C37H42O4/c1-40-36(39)17-11-3-2-10-16-34-33(25-24-32(38)23-18-28-12-6-4-7-13-28)35-26-37(34,27-41-35)31-21-19-30(20-22-31)29-14-8-5-9-15-29/h2,4-10,12-15,19-22,24-25,32-35,38H,3,11,16-18,23,26-27H2,1H3/b10-2-,25-24+/t32-,33-,34-,35-,37-/m0/s1. The first-order valence-corrected chi connectivity index (χ1v) is 15.0. The molecule has 1 saturated heterocycles. The van der Waals surface area contributed by atoms with Crippen molar-refractivity contribution in [2.45, 2.75) is 62.6 Å². The Balaban J connectivity index is 1.31. The summed E-state index contributed by atoms with van der Waals surface area (Å²) in [6.07, 6.45) is 14.0. The highest BCUT2D eigenvalue weighted by molar-refractivity contribution is 5.69. The van der Waals surface area contributed by atoms with E-state index in [1.165, 1.54) is 29.4 Å². The second kappa shape index (κ2) is 13.9. The van der Waals surface area contributed by atoms with Crippen LogP contribution in [-0.2, 0) is 26.1 Å². The van der Waals surface area contributed by atoms with Crippen LogP contribution in [0.2, 0.25) is 0 Å². The molecule has 3 aromatic rings. The van der Waals surface area contributed by atoms with E-state index >= 15 is 0 Å². The van der Waals surface area contributed by atoms with Crippen LogP contribution in [0.3, 0.4) is 0 Å². The molecular formula is C37H42O4. The zero-order chi connectivity index (χ0) is 28.5. The Bertz CT molecular complexity index is 1300. The number of allylic oxidation sites excluding steroid dienone is 2. The number of methoxy groups -OCH3 is 1. The number of aliphatic hydroxyl groups is 1. The van der Waals surface area contributed by atoms with Gasteiger partial charge < -0.3 is 14.6 Å². The monoisotopic (exact) mass is 550 g/mol. The highest BCUT2D eigenvalue weighted by Gasteiger charge is 2.58.